The Morgan fingerprint density at radius 2 is 1.17 bits per heavy atom. The van der Waals surface area contributed by atoms with Crippen LogP contribution in [0.15, 0.2) is 152 Å². The molecule has 1 aliphatic rings. The molecule has 0 saturated carbocycles. The Labute approximate surface area is 280 Å². The fourth-order valence-corrected chi connectivity index (χ4v) is 8.95. The molecule has 48 heavy (non-hydrogen) atoms. The predicted octanol–water partition coefficient (Wildman–Crippen LogP) is 12.1. The number of thiophene rings is 1. The monoisotopic (exact) mass is 627 g/mol. The highest BCUT2D eigenvalue weighted by Gasteiger charge is 2.24. The average molecular weight is 628 g/mol. The molecule has 222 valence electrons. The molecular formula is C44H25N3S. The van der Waals surface area contributed by atoms with E-state index in [-0.39, 0.29) is 0 Å². The van der Waals surface area contributed by atoms with Crippen molar-refractivity contribution >= 4 is 64.1 Å². The SMILES string of the molecule is c1ccc(-n2c3ccccc3c3c(-c4ccc5sc6ccc(-c7ncc8c(n7)-c7cccc9cccc-8c79)cc6c5c4)cccc32)cc1. The van der Waals surface area contributed by atoms with Gasteiger partial charge in [0.25, 0.3) is 0 Å². The summed E-state index contributed by atoms with van der Waals surface area (Å²) in [6, 6.07) is 52.7. The van der Waals surface area contributed by atoms with E-state index in [9.17, 15) is 0 Å². The van der Waals surface area contributed by atoms with Crippen LogP contribution >= 0.6 is 11.3 Å². The Kier molecular flexibility index (Phi) is 5.26. The zero-order valence-electron chi connectivity index (χ0n) is 25.7. The van der Waals surface area contributed by atoms with Crippen LogP contribution in [0.2, 0.25) is 0 Å². The van der Waals surface area contributed by atoms with Crippen LogP contribution < -0.4 is 0 Å². The van der Waals surface area contributed by atoms with Gasteiger partial charge >= 0.3 is 0 Å². The second-order valence-corrected chi connectivity index (χ2v) is 13.7. The molecule has 0 saturated heterocycles. The number of benzene rings is 7. The molecule has 0 fully saturated rings. The molecule has 0 amide bonds. The number of hydrogen-bond donors (Lipinski definition) is 0. The van der Waals surface area contributed by atoms with Crippen LogP contribution in [0.25, 0.3) is 103 Å². The second-order valence-electron chi connectivity index (χ2n) is 12.6. The molecule has 0 atom stereocenters. The van der Waals surface area contributed by atoms with Gasteiger partial charge in [0.15, 0.2) is 5.82 Å². The maximum atomic E-state index is 5.18. The number of fused-ring (bicyclic) bond motifs is 9. The van der Waals surface area contributed by atoms with E-state index in [2.05, 4.69) is 150 Å². The van der Waals surface area contributed by atoms with Crippen LogP contribution in [0, 0.1) is 0 Å². The van der Waals surface area contributed by atoms with Crippen LogP contribution in [0.4, 0.5) is 0 Å². The van der Waals surface area contributed by atoms with Gasteiger partial charge in [0.1, 0.15) is 0 Å². The first-order valence-electron chi connectivity index (χ1n) is 16.2. The Morgan fingerprint density at radius 3 is 2.02 bits per heavy atom. The van der Waals surface area contributed by atoms with Crippen LogP contribution in [-0.2, 0) is 0 Å². The molecule has 1 aliphatic carbocycles. The first-order chi connectivity index (χ1) is 23.8. The Bertz CT molecular complexity index is 2950. The first kappa shape index (κ1) is 26.0. The predicted molar refractivity (Wildman–Crippen MR) is 202 cm³/mol. The van der Waals surface area contributed by atoms with Gasteiger partial charge in [0, 0.05) is 59.5 Å². The standard InChI is InChI=1S/C44H25N3S/c1-2-11-29(12-3-1)47-37-17-5-4-13-32(37)42-30(14-8-18-38(42)47)27-19-21-39-34(23-27)35-24-28(20-22-40(35)48-39)44-45-25-36-31-15-6-9-26-10-7-16-33(41(26)31)43(36)46-44/h1-25H. The molecule has 0 spiro atoms. The van der Waals surface area contributed by atoms with E-state index in [0.29, 0.717) is 0 Å². The summed E-state index contributed by atoms with van der Waals surface area (Å²) in [6.07, 6.45) is 2.01. The van der Waals surface area contributed by atoms with Crippen molar-refractivity contribution < 1.29 is 0 Å². The number of hydrogen-bond acceptors (Lipinski definition) is 3. The quantitative estimate of drug-likeness (QED) is 0.195. The van der Waals surface area contributed by atoms with Gasteiger partial charge in [-0.25, -0.2) is 9.97 Å². The molecule has 11 rings (SSSR count). The Hall–Kier alpha value is -6.10. The lowest BCUT2D eigenvalue weighted by Crippen LogP contribution is -1.92. The summed E-state index contributed by atoms with van der Waals surface area (Å²) in [4.78, 5) is 10.1. The Balaban J connectivity index is 1.08. The van der Waals surface area contributed by atoms with Crippen molar-refractivity contribution in [2.24, 2.45) is 0 Å². The van der Waals surface area contributed by atoms with Crippen LogP contribution in [0.1, 0.15) is 0 Å². The van der Waals surface area contributed by atoms with Crippen LogP contribution in [0.3, 0.4) is 0 Å². The lowest BCUT2D eigenvalue weighted by molar-refractivity contribution is 1.18. The largest absolute Gasteiger partial charge is 0.309 e. The van der Waals surface area contributed by atoms with E-state index >= 15 is 0 Å². The van der Waals surface area contributed by atoms with Gasteiger partial charge in [-0.1, -0.05) is 91.0 Å². The minimum absolute atomic E-state index is 0.759. The summed E-state index contributed by atoms with van der Waals surface area (Å²) in [7, 11) is 0. The van der Waals surface area contributed by atoms with Gasteiger partial charge in [0.05, 0.1) is 16.7 Å². The van der Waals surface area contributed by atoms with E-state index in [1.807, 2.05) is 17.5 Å². The summed E-state index contributed by atoms with van der Waals surface area (Å²) in [5.41, 5.74) is 11.6. The highest BCUT2D eigenvalue weighted by Crippen LogP contribution is 2.47. The highest BCUT2D eigenvalue weighted by molar-refractivity contribution is 7.25. The van der Waals surface area contributed by atoms with Crippen LogP contribution in [-0.4, -0.2) is 14.5 Å². The number of para-hydroxylation sites is 2. The number of rotatable bonds is 3. The average Bonchev–Trinajstić information content (AvgIpc) is 3.80. The molecule has 0 unspecified atom stereocenters. The van der Waals surface area contributed by atoms with Crippen molar-refractivity contribution in [1.29, 1.82) is 0 Å². The van der Waals surface area contributed by atoms with Crippen molar-refractivity contribution in [2.75, 3.05) is 0 Å². The minimum atomic E-state index is 0.759. The third-order valence-electron chi connectivity index (χ3n) is 9.99. The lowest BCUT2D eigenvalue weighted by Gasteiger charge is -2.09. The van der Waals surface area contributed by atoms with Gasteiger partial charge in [-0.15, -0.1) is 11.3 Å². The molecule has 0 aliphatic heterocycles. The van der Waals surface area contributed by atoms with E-state index in [4.69, 9.17) is 9.97 Å². The third kappa shape index (κ3) is 3.58. The first-order valence-corrected chi connectivity index (χ1v) is 17.1. The van der Waals surface area contributed by atoms with Gasteiger partial charge in [-0.05, 0) is 82.1 Å². The zero-order valence-corrected chi connectivity index (χ0v) is 26.5. The summed E-state index contributed by atoms with van der Waals surface area (Å²) in [6.45, 7) is 0. The lowest BCUT2D eigenvalue weighted by atomic mass is 9.97. The molecule has 0 bridgehead atoms. The fraction of sp³-hybridized carbons (Fsp3) is 0. The maximum absolute atomic E-state index is 5.18. The second kappa shape index (κ2) is 9.71. The van der Waals surface area contributed by atoms with Gasteiger partial charge in [0.2, 0.25) is 0 Å². The van der Waals surface area contributed by atoms with Gasteiger partial charge in [-0.3, -0.25) is 0 Å². The number of nitrogens with zero attached hydrogens (tertiary/aromatic N) is 3. The van der Waals surface area contributed by atoms with Crippen molar-refractivity contribution in [2.45, 2.75) is 0 Å². The van der Waals surface area contributed by atoms with Crippen LogP contribution in [0.5, 0.6) is 0 Å². The molecule has 3 heterocycles. The van der Waals surface area contributed by atoms with E-state index in [1.54, 1.807) is 0 Å². The van der Waals surface area contributed by atoms with Crippen molar-refractivity contribution in [3.05, 3.63) is 152 Å². The molecule has 0 N–H and O–H groups in total. The van der Waals surface area contributed by atoms with Crippen molar-refractivity contribution in [3.8, 4) is 50.6 Å². The van der Waals surface area contributed by atoms with E-state index in [1.165, 1.54) is 80.7 Å². The maximum Gasteiger partial charge on any atom is 0.159 e. The summed E-state index contributed by atoms with van der Waals surface area (Å²) in [5.74, 6) is 0.759. The Morgan fingerprint density at radius 1 is 0.479 bits per heavy atom. The smallest absolute Gasteiger partial charge is 0.159 e. The number of aromatic nitrogens is 3. The van der Waals surface area contributed by atoms with Gasteiger partial charge < -0.3 is 4.57 Å². The minimum Gasteiger partial charge on any atom is -0.309 e. The van der Waals surface area contributed by atoms with E-state index in [0.717, 1.165) is 22.6 Å². The molecule has 3 aromatic heterocycles. The molecule has 0 radical (unpaired) electrons. The molecule has 7 aromatic carbocycles. The van der Waals surface area contributed by atoms with Crippen molar-refractivity contribution in [1.82, 2.24) is 14.5 Å². The fourth-order valence-electron chi connectivity index (χ4n) is 7.89. The highest BCUT2D eigenvalue weighted by atomic mass is 32.1. The normalized spacial score (nSPS) is 12.2. The molecule has 10 aromatic rings. The topological polar surface area (TPSA) is 30.7 Å². The summed E-state index contributed by atoms with van der Waals surface area (Å²) >= 11 is 1.84. The van der Waals surface area contributed by atoms with Gasteiger partial charge in [-0.2, -0.15) is 0 Å². The summed E-state index contributed by atoms with van der Waals surface area (Å²) < 4.78 is 4.93. The van der Waals surface area contributed by atoms with E-state index < -0.39 is 0 Å². The zero-order chi connectivity index (χ0) is 31.3. The molecule has 3 nitrogen and oxygen atoms in total. The van der Waals surface area contributed by atoms with Crippen molar-refractivity contribution in [3.63, 3.8) is 0 Å². The molecular weight excluding hydrogens is 603 g/mol. The third-order valence-corrected chi connectivity index (χ3v) is 11.1. The summed E-state index contributed by atoms with van der Waals surface area (Å²) in [5, 5.41) is 7.55. The molecule has 4 heteroatoms.